The van der Waals surface area contributed by atoms with Gasteiger partial charge in [-0.25, -0.2) is 0 Å². The summed E-state index contributed by atoms with van der Waals surface area (Å²) in [6.45, 7) is 5.57. The van der Waals surface area contributed by atoms with Crippen molar-refractivity contribution in [2.45, 2.75) is 0 Å². The van der Waals surface area contributed by atoms with Crippen LogP contribution in [0.3, 0.4) is 0 Å². The summed E-state index contributed by atoms with van der Waals surface area (Å²) < 4.78 is 0. The number of para-hydroxylation sites is 1. The molecule has 3 nitrogen and oxygen atoms in total. The molecule has 0 atom stereocenters. The van der Waals surface area contributed by atoms with E-state index in [9.17, 15) is 0 Å². The lowest BCUT2D eigenvalue weighted by atomic mass is 10.1. The first-order valence-electron chi connectivity index (χ1n) is 6.59. The molecular weight excluding hydrogens is 222 g/mol. The van der Waals surface area contributed by atoms with Crippen molar-refractivity contribution in [3.8, 4) is 0 Å². The topological polar surface area (TPSA) is 31.1 Å². The molecule has 0 radical (unpaired) electrons. The van der Waals surface area contributed by atoms with E-state index in [2.05, 4.69) is 57.8 Å². The van der Waals surface area contributed by atoms with E-state index in [1.54, 1.807) is 0 Å². The highest BCUT2D eigenvalue weighted by Crippen LogP contribution is 2.18. The second-order valence-electron chi connectivity index (χ2n) is 4.74. The molecule has 3 rings (SSSR count). The second kappa shape index (κ2) is 5.38. The molecule has 1 aromatic heterocycles. The third-order valence-corrected chi connectivity index (χ3v) is 3.49. The Morgan fingerprint density at radius 1 is 1.17 bits per heavy atom. The molecule has 2 aromatic rings. The minimum Gasteiger partial charge on any atom is -0.361 e. The minimum atomic E-state index is 1.04. The molecule has 1 fully saturated rings. The number of hydrogen-bond donors (Lipinski definition) is 2. The maximum atomic E-state index is 3.37. The van der Waals surface area contributed by atoms with Crippen LogP contribution in [0.4, 0.5) is 0 Å². The van der Waals surface area contributed by atoms with Crippen molar-refractivity contribution in [3.05, 3.63) is 42.1 Å². The molecule has 94 valence electrons. The van der Waals surface area contributed by atoms with Gasteiger partial charge in [-0.05, 0) is 11.6 Å². The average Bonchev–Trinajstić information content (AvgIpc) is 2.84. The molecule has 18 heavy (non-hydrogen) atoms. The van der Waals surface area contributed by atoms with Gasteiger partial charge in [-0.15, -0.1) is 0 Å². The number of hydrogen-bond acceptors (Lipinski definition) is 2. The predicted molar refractivity (Wildman–Crippen MR) is 76.6 cm³/mol. The maximum absolute atomic E-state index is 3.37. The highest BCUT2D eigenvalue weighted by Gasteiger charge is 2.06. The van der Waals surface area contributed by atoms with Crippen molar-refractivity contribution in [1.82, 2.24) is 15.2 Å². The number of aromatic amines is 1. The van der Waals surface area contributed by atoms with Crippen LogP contribution in [0.15, 0.2) is 36.5 Å². The van der Waals surface area contributed by atoms with Gasteiger partial charge in [0.25, 0.3) is 0 Å². The summed E-state index contributed by atoms with van der Waals surface area (Å²) in [4.78, 5) is 5.78. The van der Waals surface area contributed by atoms with Gasteiger partial charge in [-0.3, -0.25) is 4.90 Å². The molecule has 0 saturated carbocycles. The van der Waals surface area contributed by atoms with Crippen molar-refractivity contribution in [2.75, 3.05) is 32.7 Å². The Morgan fingerprint density at radius 2 is 2.00 bits per heavy atom. The van der Waals surface area contributed by atoms with E-state index < -0.39 is 0 Å². The summed E-state index contributed by atoms with van der Waals surface area (Å²) >= 11 is 0. The Morgan fingerprint density at radius 3 is 2.89 bits per heavy atom. The zero-order valence-electron chi connectivity index (χ0n) is 10.5. The summed E-state index contributed by atoms with van der Waals surface area (Å²) in [7, 11) is 0. The summed E-state index contributed by atoms with van der Waals surface area (Å²) in [5, 5.41) is 4.67. The quantitative estimate of drug-likeness (QED) is 0.862. The van der Waals surface area contributed by atoms with Crippen LogP contribution in [0.5, 0.6) is 0 Å². The van der Waals surface area contributed by atoms with Crippen molar-refractivity contribution < 1.29 is 0 Å². The first-order valence-corrected chi connectivity index (χ1v) is 6.59. The van der Waals surface area contributed by atoms with Crippen LogP contribution < -0.4 is 5.32 Å². The van der Waals surface area contributed by atoms with Gasteiger partial charge < -0.3 is 10.3 Å². The zero-order valence-corrected chi connectivity index (χ0v) is 10.5. The lowest BCUT2D eigenvalue weighted by Crippen LogP contribution is -2.43. The molecule has 0 amide bonds. The van der Waals surface area contributed by atoms with Gasteiger partial charge in [0, 0.05) is 49.8 Å². The van der Waals surface area contributed by atoms with Crippen LogP contribution in [-0.2, 0) is 0 Å². The van der Waals surface area contributed by atoms with E-state index in [1.807, 2.05) is 0 Å². The van der Waals surface area contributed by atoms with E-state index in [0.29, 0.717) is 0 Å². The molecule has 2 heterocycles. The smallest absolute Gasteiger partial charge is 0.0460 e. The molecule has 1 aliphatic heterocycles. The summed E-state index contributed by atoms with van der Waals surface area (Å²) in [5.74, 6) is 0. The molecule has 3 heteroatoms. The molecule has 0 spiro atoms. The van der Waals surface area contributed by atoms with Crippen molar-refractivity contribution in [3.63, 3.8) is 0 Å². The normalized spacial score (nSPS) is 17.8. The first-order chi connectivity index (χ1) is 8.93. The fourth-order valence-corrected chi connectivity index (χ4v) is 2.45. The fourth-order valence-electron chi connectivity index (χ4n) is 2.45. The van der Waals surface area contributed by atoms with Gasteiger partial charge in [-0.2, -0.15) is 0 Å². The lowest BCUT2D eigenvalue weighted by Gasteiger charge is -2.25. The van der Waals surface area contributed by atoms with E-state index in [0.717, 1.165) is 32.7 Å². The molecule has 2 N–H and O–H groups in total. The molecular formula is C15H19N3. The Balaban J connectivity index is 1.68. The fraction of sp³-hybridized carbons (Fsp3) is 0.333. The third-order valence-electron chi connectivity index (χ3n) is 3.49. The lowest BCUT2D eigenvalue weighted by molar-refractivity contribution is 0.265. The largest absolute Gasteiger partial charge is 0.361 e. The van der Waals surface area contributed by atoms with Crippen LogP contribution in [0.25, 0.3) is 17.0 Å². The number of nitrogens with one attached hydrogen (secondary N) is 2. The van der Waals surface area contributed by atoms with E-state index >= 15 is 0 Å². The third kappa shape index (κ3) is 2.47. The number of H-pyrrole nitrogens is 1. The zero-order chi connectivity index (χ0) is 12.2. The summed E-state index contributed by atoms with van der Waals surface area (Å²) in [5.41, 5.74) is 2.49. The number of aromatic nitrogens is 1. The van der Waals surface area contributed by atoms with E-state index in [4.69, 9.17) is 0 Å². The van der Waals surface area contributed by atoms with Gasteiger partial charge in [0.15, 0.2) is 0 Å². The molecule has 0 aliphatic carbocycles. The van der Waals surface area contributed by atoms with Crippen molar-refractivity contribution in [2.24, 2.45) is 0 Å². The van der Waals surface area contributed by atoms with Crippen molar-refractivity contribution >= 4 is 17.0 Å². The Kier molecular flexibility index (Phi) is 3.44. The number of nitrogens with zero attached hydrogens (tertiary/aromatic N) is 1. The first kappa shape index (κ1) is 11.5. The van der Waals surface area contributed by atoms with Gasteiger partial charge >= 0.3 is 0 Å². The van der Waals surface area contributed by atoms with Gasteiger partial charge in [0.2, 0.25) is 0 Å². The van der Waals surface area contributed by atoms with Crippen LogP contribution in [-0.4, -0.2) is 42.6 Å². The van der Waals surface area contributed by atoms with Crippen LogP contribution in [0.2, 0.25) is 0 Å². The minimum absolute atomic E-state index is 1.04. The summed E-state index contributed by atoms with van der Waals surface area (Å²) in [6.07, 6.45) is 6.57. The number of piperazine rings is 1. The van der Waals surface area contributed by atoms with Gasteiger partial charge in [0.05, 0.1) is 0 Å². The van der Waals surface area contributed by atoms with Crippen LogP contribution in [0, 0.1) is 0 Å². The highest BCUT2D eigenvalue weighted by atomic mass is 15.2. The Labute approximate surface area is 107 Å². The second-order valence-corrected chi connectivity index (χ2v) is 4.74. The predicted octanol–water partition coefficient (Wildman–Crippen LogP) is 2.09. The monoisotopic (exact) mass is 241 g/mol. The van der Waals surface area contributed by atoms with E-state index in [-0.39, 0.29) is 0 Å². The highest BCUT2D eigenvalue weighted by molar-refractivity contribution is 5.88. The molecule has 1 saturated heterocycles. The number of rotatable bonds is 3. The Hall–Kier alpha value is -1.58. The standard InChI is InChI=1S/C15H19N3/c1-2-6-15-14(5-1)13(12-17-15)4-3-9-18-10-7-16-8-11-18/h1-6,12,16-17H,7-11H2/b4-3+. The van der Waals surface area contributed by atoms with Gasteiger partial charge in [-0.1, -0.05) is 30.4 Å². The molecule has 0 bridgehead atoms. The molecule has 0 unspecified atom stereocenters. The van der Waals surface area contributed by atoms with Crippen LogP contribution >= 0.6 is 0 Å². The van der Waals surface area contributed by atoms with Crippen molar-refractivity contribution in [1.29, 1.82) is 0 Å². The maximum Gasteiger partial charge on any atom is 0.0460 e. The SMILES string of the molecule is C(=C\c1c[nH]c2ccccc12)/CN1CCNCC1. The summed E-state index contributed by atoms with van der Waals surface area (Å²) in [6, 6.07) is 8.43. The van der Waals surface area contributed by atoms with Gasteiger partial charge in [0.1, 0.15) is 0 Å². The molecule has 1 aromatic carbocycles. The average molecular weight is 241 g/mol. The number of fused-ring (bicyclic) bond motifs is 1. The van der Waals surface area contributed by atoms with Crippen LogP contribution in [0.1, 0.15) is 5.56 Å². The molecule has 1 aliphatic rings. The number of benzene rings is 1. The van der Waals surface area contributed by atoms with E-state index in [1.165, 1.54) is 16.5 Å². The Bertz CT molecular complexity index is 535.